The lowest BCUT2D eigenvalue weighted by Crippen LogP contribution is -2.34. The minimum absolute atomic E-state index is 0.202. The van der Waals surface area contributed by atoms with Crippen molar-refractivity contribution in [2.45, 2.75) is 11.3 Å². The third-order valence-corrected chi connectivity index (χ3v) is 4.19. The van der Waals surface area contributed by atoms with Crippen LogP contribution in [0.1, 0.15) is 12.0 Å². The quantitative estimate of drug-likeness (QED) is 0.440. The first-order chi connectivity index (χ1) is 12.6. The van der Waals surface area contributed by atoms with Gasteiger partial charge in [-0.1, -0.05) is 48.5 Å². The Bertz CT molecular complexity index is 760. The van der Waals surface area contributed by atoms with Crippen LogP contribution in [0, 0.1) is 0 Å². The number of hydrogen-bond donors (Lipinski definition) is 1. The van der Waals surface area contributed by atoms with Crippen LogP contribution in [0.3, 0.4) is 0 Å². The van der Waals surface area contributed by atoms with Crippen LogP contribution in [-0.4, -0.2) is 30.1 Å². The second-order valence-corrected chi connectivity index (χ2v) is 6.40. The summed E-state index contributed by atoms with van der Waals surface area (Å²) in [5, 5.41) is 2.20. The Morgan fingerprint density at radius 1 is 0.923 bits per heavy atom. The lowest BCUT2D eigenvalue weighted by molar-refractivity contribution is -0.145. The Kier molecular flexibility index (Phi) is 8.15. The minimum Gasteiger partial charge on any atom is -0.452 e. The molecule has 0 heterocycles. The predicted octanol–water partition coefficient (Wildman–Crippen LogP) is 3.07. The fourth-order valence-electron chi connectivity index (χ4n) is 1.95. The third kappa shape index (κ3) is 7.81. The highest BCUT2D eigenvalue weighted by atomic mass is 32.2. The summed E-state index contributed by atoms with van der Waals surface area (Å²) in [6.45, 7) is -0.491. The maximum atomic E-state index is 11.7. The van der Waals surface area contributed by atoms with Gasteiger partial charge in [-0.2, -0.15) is 0 Å². The molecule has 2 amide bonds. The van der Waals surface area contributed by atoms with Crippen LogP contribution in [-0.2, 0) is 19.1 Å². The largest absolute Gasteiger partial charge is 0.452 e. The predicted molar refractivity (Wildman–Crippen MR) is 101 cm³/mol. The molecule has 0 aliphatic heterocycles. The molecule has 0 aliphatic rings. The topological polar surface area (TPSA) is 72.5 Å². The molecular weight excluding hydrogens is 350 g/mol. The molecule has 0 atom stereocenters. The van der Waals surface area contributed by atoms with E-state index in [1.165, 1.54) is 17.8 Å². The van der Waals surface area contributed by atoms with E-state index in [-0.39, 0.29) is 6.42 Å². The zero-order valence-corrected chi connectivity index (χ0v) is 14.9. The lowest BCUT2D eigenvalue weighted by Gasteiger charge is -2.04. The standard InChI is InChI=1S/C20H19NO4S/c22-18(13-14-26-17-9-5-2-6-10-17)21-19(23)15-25-20(24)12-11-16-7-3-1-4-8-16/h1-12H,13-15H2,(H,21,22,23)/b12-11+. The smallest absolute Gasteiger partial charge is 0.331 e. The van der Waals surface area contributed by atoms with Crippen molar-refractivity contribution in [1.29, 1.82) is 0 Å². The van der Waals surface area contributed by atoms with Gasteiger partial charge in [-0.25, -0.2) is 4.79 Å². The number of ether oxygens (including phenoxy) is 1. The van der Waals surface area contributed by atoms with Crippen molar-refractivity contribution in [1.82, 2.24) is 5.32 Å². The monoisotopic (exact) mass is 369 g/mol. The number of carbonyl (C=O) groups is 3. The summed E-state index contributed by atoms with van der Waals surface area (Å²) in [6, 6.07) is 18.9. The van der Waals surface area contributed by atoms with E-state index in [9.17, 15) is 14.4 Å². The molecular formula is C20H19NO4S. The van der Waals surface area contributed by atoms with Crippen molar-refractivity contribution < 1.29 is 19.1 Å². The summed E-state index contributed by atoms with van der Waals surface area (Å²) in [5.41, 5.74) is 0.847. The molecule has 5 nitrogen and oxygen atoms in total. The van der Waals surface area contributed by atoms with Crippen molar-refractivity contribution in [3.63, 3.8) is 0 Å². The second-order valence-electron chi connectivity index (χ2n) is 5.23. The van der Waals surface area contributed by atoms with Crippen molar-refractivity contribution in [2.24, 2.45) is 0 Å². The summed E-state index contributed by atoms with van der Waals surface area (Å²) >= 11 is 1.53. The first-order valence-corrected chi connectivity index (χ1v) is 9.02. The second kappa shape index (κ2) is 10.9. The fraction of sp³-hybridized carbons (Fsp3) is 0.150. The SMILES string of the molecule is O=C(CCSc1ccccc1)NC(=O)COC(=O)/C=C/c1ccccc1. The Labute approximate surface area is 156 Å². The number of hydrogen-bond acceptors (Lipinski definition) is 5. The van der Waals surface area contributed by atoms with Crippen LogP contribution in [0.4, 0.5) is 0 Å². The summed E-state index contributed by atoms with van der Waals surface area (Å²) < 4.78 is 4.81. The number of thioether (sulfide) groups is 1. The van der Waals surface area contributed by atoms with Gasteiger partial charge in [0.1, 0.15) is 0 Å². The van der Waals surface area contributed by atoms with Gasteiger partial charge >= 0.3 is 5.97 Å². The van der Waals surface area contributed by atoms with Crippen LogP contribution in [0.25, 0.3) is 6.08 Å². The average Bonchev–Trinajstić information content (AvgIpc) is 2.66. The molecule has 0 radical (unpaired) electrons. The van der Waals surface area contributed by atoms with Gasteiger partial charge in [0.25, 0.3) is 5.91 Å². The number of carbonyl (C=O) groups excluding carboxylic acids is 3. The van der Waals surface area contributed by atoms with Crippen LogP contribution in [0.2, 0.25) is 0 Å². The summed E-state index contributed by atoms with van der Waals surface area (Å²) in [7, 11) is 0. The van der Waals surface area contributed by atoms with Gasteiger partial charge in [-0.3, -0.25) is 14.9 Å². The molecule has 26 heavy (non-hydrogen) atoms. The highest BCUT2D eigenvalue weighted by molar-refractivity contribution is 7.99. The molecule has 0 fully saturated rings. The van der Waals surface area contributed by atoms with E-state index < -0.39 is 24.4 Å². The van der Waals surface area contributed by atoms with E-state index in [1.54, 1.807) is 6.08 Å². The molecule has 0 spiro atoms. The first-order valence-electron chi connectivity index (χ1n) is 8.04. The zero-order chi connectivity index (χ0) is 18.6. The number of esters is 1. The van der Waals surface area contributed by atoms with E-state index in [0.29, 0.717) is 5.75 Å². The Morgan fingerprint density at radius 3 is 2.27 bits per heavy atom. The number of nitrogens with one attached hydrogen (secondary N) is 1. The number of rotatable bonds is 8. The number of benzene rings is 2. The molecule has 1 N–H and O–H groups in total. The van der Waals surface area contributed by atoms with E-state index >= 15 is 0 Å². The van der Waals surface area contributed by atoms with Gasteiger partial charge in [0, 0.05) is 23.1 Å². The highest BCUT2D eigenvalue weighted by Crippen LogP contribution is 2.17. The molecule has 0 aromatic heterocycles. The van der Waals surface area contributed by atoms with Crippen molar-refractivity contribution >= 4 is 35.6 Å². The Morgan fingerprint density at radius 2 is 1.58 bits per heavy atom. The van der Waals surface area contributed by atoms with Crippen molar-refractivity contribution in [2.75, 3.05) is 12.4 Å². The summed E-state index contributed by atoms with van der Waals surface area (Å²) in [4.78, 5) is 35.9. The maximum Gasteiger partial charge on any atom is 0.331 e. The lowest BCUT2D eigenvalue weighted by atomic mass is 10.2. The third-order valence-electron chi connectivity index (χ3n) is 3.18. The first kappa shape index (κ1) is 19.5. The van der Waals surface area contributed by atoms with Gasteiger partial charge in [0.2, 0.25) is 5.91 Å². The number of amides is 2. The normalized spacial score (nSPS) is 10.5. The molecule has 0 aliphatic carbocycles. The van der Waals surface area contributed by atoms with Crippen LogP contribution in [0.15, 0.2) is 71.6 Å². The van der Waals surface area contributed by atoms with E-state index in [4.69, 9.17) is 4.74 Å². The maximum absolute atomic E-state index is 11.7. The fourth-order valence-corrected chi connectivity index (χ4v) is 2.82. The van der Waals surface area contributed by atoms with Gasteiger partial charge in [-0.05, 0) is 23.8 Å². The van der Waals surface area contributed by atoms with Gasteiger partial charge in [0.15, 0.2) is 6.61 Å². The molecule has 2 aromatic carbocycles. The summed E-state index contributed by atoms with van der Waals surface area (Å²) in [5.74, 6) is -1.12. The Balaban J connectivity index is 1.62. The van der Waals surface area contributed by atoms with E-state index in [1.807, 2.05) is 60.7 Å². The molecule has 0 saturated carbocycles. The van der Waals surface area contributed by atoms with E-state index in [0.717, 1.165) is 10.5 Å². The van der Waals surface area contributed by atoms with Crippen molar-refractivity contribution in [3.05, 3.63) is 72.3 Å². The highest BCUT2D eigenvalue weighted by Gasteiger charge is 2.10. The van der Waals surface area contributed by atoms with Crippen LogP contribution in [0.5, 0.6) is 0 Å². The molecule has 0 unspecified atom stereocenters. The summed E-state index contributed by atoms with van der Waals surface area (Å²) in [6.07, 6.45) is 3.03. The Hall–Kier alpha value is -2.86. The average molecular weight is 369 g/mol. The molecule has 2 rings (SSSR count). The number of imide groups is 1. The molecule has 2 aromatic rings. The molecule has 0 saturated heterocycles. The van der Waals surface area contributed by atoms with E-state index in [2.05, 4.69) is 5.32 Å². The molecule has 0 bridgehead atoms. The van der Waals surface area contributed by atoms with Crippen LogP contribution < -0.4 is 5.32 Å². The molecule has 134 valence electrons. The van der Waals surface area contributed by atoms with Gasteiger partial charge in [-0.15, -0.1) is 11.8 Å². The van der Waals surface area contributed by atoms with Crippen LogP contribution >= 0.6 is 11.8 Å². The van der Waals surface area contributed by atoms with Crippen molar-refractivity contribution in [3.8, 4) is 0 Å². The minimum atomic E-state index is -0.643. The van der Waals surface area contributed by atoms with Gasteiger partial charge in [0.05, 0.1) is 0 Å². The zero-order valence-electron chi connectivity index (χ0n) is 14.1. The van der Waals surface area contributed by atoms with Gasteiger partial charge < -0.3 is 4.74 Å². The molecule has 6 heteroatoms.